The topological polar surface area (TPSA) is 67.0 Å². The van der Waals surface area contributed by atoms with Crippen LogP contribution in [0.15, 0.2) is 18.2 Å². The van der Waals surface area contributed by atoms with Gasteiger partial charge in [0, 0.05) is 26.2 Å². The van der Waals surface area contributed by atoms with Gasteiger partial charge in [-0.25, -0.2) is 4.98 Å². The lowest BCUT2D eigenvalue weighted by Crippen LogP contribution is -2.25. The summed E-state index contributed by atoms with van der Waals surface area (Å²) in [7, 11) is 0. The van der Waals surface area contributed by atoms with Gasteiger partial charge >= 0.3 is 0 Å². The quantitative estimate of drug-likeness (QED) is 0.894. The number of nitrogens with one attached hydrogen (secondary N) is 2. The van der Waals surface area contributed by atoms with Crippen LogP contribution in [0.1, 0.15) is 24.2 Å². The number of ether oxygens (including phenoxy) is 1. The highest BCUT2D eigenvalue weighted by molar-refractivity contribution is 5.77. The fraction of sp³-hybridized carbons (Fsp3) is 0.467. The lowest BCUT2D eigenvalue weighted by atomic mass is 10.0. The molecular formula is C15H19N3O2. The number of aromatic amines is 1. The molecule has 2 heterocycles. The number of carbonyl (C=O) groups is 1. The number of hydrogen-bond acceptors (Lipinski definition) is 3. The average molecular weight is 273 g/mol. The lowest BCUT2D eigenvalue weighted by molar-refractivity contribution is -0.122. The summed E-state index contributed by atoms with van der Waals surface area (Å²) < 4.78 is 5.28. The van der Waals surface area contributed by atoms with Crippen molar-refractivity contribution < 1.29 is 9.53 Å². The Morgan fingerprint density at radius 3 is 3.25 bits per heavy atom. The number of nitrogens with zero attached hydrogens (tertiary/aromatic N) is 1. The van der Waals surface area contributed by atoms with Crippen LogP contribution in [-0.4, -0.2) is 29.1 Å². The average Bonchev–Trinajstić information content (AvgIpc) is 3.04. The third-order valence-corrected chi connectivity index (χ3v) is 3.65. The molecule has 1 aromatic heterocycles. The molecule has 1 fully saturated rings. The molecule has 1 saturated heterocycles. The van der Waals surface area contributed by atoms with E-state index >= 15 is 0 Å². The highest BCUT2D eigenvalue weighted by Crippen LogP contribution is 2.16. The summed E-state index contributed by atoms with van der Waals surface area (Å²) in [6.45, 7) is 3.99. The second-order valence-electron chi connectivity index (χ2n) is 5.38. The number of hydrogen-bond donors (Lipinski definition) is 2. The Labute approximate surface area is 117 Å². The molecule has 0 unspecified atom stereocenters. The van der Waals surface area contributed by atoms with E-state index < -0.39 is 0 Å². The second kappa shape index (κ2) is 5.63. The molecule has 2 aromatic rings. The Hall–Kier alpha value is -1.88. The third kappa shape index (κ3) is 2.99. The molecule has 0 radical (unpaired) electrons. The first-order valence-corrected chi connectivity index (χ1v) is 7.00. The third-order valence-electron chi connectivity index (χ3n) is 3.65. The van der Waals surface area contributed by atoms with Crippen LogP contribution < -0.4 is 5.32 Å². The minimum Gasteiger partial charge on any atom is -0.381 e. The smallest absolute Gasteiger partial charge is 0.220 e. The molecule has 3 rings (SSSR count). The first-order chi connectivity index (χ1) is 9.70. The first-order valence-electron chi connectivity index (χ1n) is 7.00. The van der Waals surface area contributed by atoms with Gasteiger partial charge in [0.2, 0.25) is 5.91 Å². The Balaban J connectivity index is 1.57. The van der Waals surface area contributed by atoms with Crippen molar-refractivity contribution in [3.8, 4) is 0 Å². The van der Waals surface area contributed by atoms with E-state index in [1.165, 1.54) is 0 Å². The highest BCUT2D eigenvalue weighted by Gasteiger charge is 2.18. The van der Waals surface area contributed by atoms with Crippen molar-refractivity contribution in [3.63, 3.8) is 0 Å². The molecule has 5 heteroatoms. The Bertz CT molecular complexity index is 615. The van der Waals surface area contributed by atoms with E-state index in [1.807, 2.05) is 25.1 Å². The van der Waals surface area contributed by atoms with Crippen LogP contribution in [0.5, 0.6) is 0 Å². The van der Waals surface area contributed by atoms with Crippen molar-refractivity contribution in [1.29, 1.82) is 0 Å². The SMILES string of the molecule is Cc1nc2ccc(CNC(=O)C[C@H]3CCOC3)cc2[nH]1. The first kappa shape index (κ1) is 13.1. The van der Waals surface area contributed by atoms with Gasteiger partial charge in [-0.1, -0.05) is 6.07 Å². The number of fused-ring (bicyclic) bond motifs is 1. The molecule has 1 aliphatic rings. The summed E-state index contributed by atoms with van der Waals surface area (Å²) in [5.74, 6) is 1.39. The molecule has 0 aliphatic carbocycles. The number of carbonyl (C=O) groups excluding carboxylic acids is 1. The van der Waals surface area contributed by atoms with Gasteiger partial charge in [0.1, 0.15) is 5.82 Å². The monoisotopic (exact) mass is 273 g/mol. The molecule has 0 bridgehead atoms. The van der Waals surface area contributed by atoms with Gasteiger partial charge in [0.15, 0.2) is 0 Å². The van der Waals surface area contributed by atoms with E-state index in [4.69, 9.17) is 4.74 Å². The molecular weight excluding hydrogens is 254 g/mol. The van der Waals surface area contributed by atoms with Gasteiger partial charge in [0.05, 0.1) is 11.0 Å². The van der Waals surface area contributed by atoms with Gasteiger partial charge in [-0.3, -0.25) is 4.79 Å². The second-order valence-corrected chi connectivity index (χ2v) is 5.38. The van der Waals surface area contributed by atoms with E-state index in [-0.39, 0.29) is 5.91 Å². The van der Waals surface area contributed by atoms with Gasteiger partial charge in [-0.2, -0.15) is 0 Å². The van der Waals surface area contributed by atoms with Crippen LogP contribution in [0.25, 0.3) is 11.0 Å². The van der Waals surface area contributed by atoms with Gasteiger partial charge in [-0.05, 0) is 37.0 Å². The molecule has 1 atom stereocenters. The number of amides is 1. The maximum absolute atomic E-state index is 11.9. The standard InChI is InChI=1S/C15H19N3O2/c1-10-17-13-3-2-11(6-14(13)18-10)8-16-15(19)7-12-4-5-20-9-12/h2-3,6,12H,4-5,7-9H2,1H3,(H,16,19)(H,17,18)/t12-/m1/s1. The zero-order chi connectivity index (χ0) is 13.9. The van der Waals surface area contributed by atoms with E-state index in [0.29, 0.717) is 25.5 Å². The number of imidazole rings is 1. The van der Waals surface area contributed by atoms with Crippen molar-refractivity contribution in [2.75, 3.05) is 13.2 Å². The van der Waals surface area contributed by atoms with Crippen molar-refractivity contribution >= 4 is 16.9 Å². The van der Waals surface area contributed by atoms with E-state index in [0.717, 1.165) is 35.4 Å². The summed E-state index contributed by atoms with van der Waals surface area (Å²) in [5, 5.41) is 2.97. The minimum atomic E-state index is 0.0985. The number of H-pyrrole nitrogens is 1. The largest absolute Gasteiger partial charge is 0.381 e. The lowest BCUT2D eigenvalue weighted by Gasteiger charge is -2.08. The molecule has 2 N–H and O–H groups in total. The van der Waals surface area contributed by atoms with Crippen molar-refractivity contribution in [1.82, 2.24) is 15.3 Å². The normalized spacial score (nSPS) is 18.6. The number of aromatic nitrogens is 2. The highest BCUT2D eigenvalue weighted by atomic mass is 16.5. The van der Waals surface area contributed by atoms with Crippen LogP contribution in [0.2, 0.25) is 0 Å². The zero-order valence-electron chi connectivity index (χ0n) is 11.6. The predicted octanol–water partition coefficient (Wildman–Crippen LogP) is 1.91. The molecule has 0 spiro atoms. The fourth-order valence-corrected chi connectivity index (χ4v) is 2.57. The van der Waals surface area contributed by atoms with Gasteiger partial charge in [-0.15, -0.1) is 0 Å². The zero-order valence-corrected chi connectivity index (χ0v) is 11.6. The molecule has 20 heavy (non-hydrogen) atoms. The number of rotatable bonds is 4. The summed E-state index contributed by atoms with van der Waals surface area (Å²) in [5.41, 5.74) is 3.05. The van der Waals surface area contributed by atoms with Crippen molar-refractivity contribution in [2.45, 2.75) is 26.3 Å². The predicted molar refractivity (Wildman–Crippen MR) is 76.2 cm³/mol. The molecule has 5 nitrogen and oxygen atoms in total. The van der Waals surface area contributed by atoms with Crippen LogP contribution in [0.3, 0.4) is 0 Å². The van der Waals surface area contributed by atoms with Crippen molar-refractivity contribution in [2.24, 2.45) is 5.92 Å². The van der Waals surface area contributed by atoms with E-state index in [2.05, 4.69) is 15.3 Å². The Morgan fingerprint density at radius 2 is 2.45 bits per heavy atom. The fourth-order valence-electron chi connectivity index (χ4n) is 2.57. The van der Waals surface area contributed by atoms with Crippen LogP contribution in [0.4, 0.5) is 0 Å². The molecule has 106 valence electrons. The minimum absolute atomic E-state index is 0.0985. The Morgan fingerprint density at radius 1 is 1.55 bits per heavy atom. The van der Waals surface area contributed by atoms with Crippen LogP contribution >= 0.6 is 0 Å². The molecule has 1 aromatic carbocycles. The number of benzene rings is 1. The van der Waals surface area contributed by atoms with Crippen molar-refractivity contribution in [3.05, 3.63) is 29.6 Å². The molecule has 0 saturated carbocycles. The van der Waals surface area contributed by atoms with Gasteiger partial charge < -0.3 is 15.0 Å². The maximum atomic E-state index is 11.9. The van der Waals surface area contributed by atoms with Crippen LogP contribution in [-0.2, 0) is 16.1 Å². The Kier molecular flexibility index (Phi) is 3.69. The summed E-state index contributed by atoms with van der Waals surface area (Å²) >= 11 is 0. The summed E-state index contributed by atoms with van der Waals surface area (Å²) in [6, 6.07) is 6.01. The summed E-state index contributed by atoms with van der Waals surface area (Å²) in [4.78, 5) is 19.4. The number of aryl methyl sites for hydroxylation is 1. The maximum Gasteiger partial charge on any atom is 0.220 e. The summed E-state index contributed by atoms with van der Waals surface area (Å²) in [6.07, 6.45) is 1.55. The van der Waals surface area contributed by atoms with E-state index in [9.17, 15) is 4.79 Å². The molecule has 1 aliphatic heterocycles. The van der Waals surface area contributed by atoms with E-state index in [1.54, 1.807) is 0 Å². The van der Waals surface area contributed by atoms with Gasteiger partial charge in [0.25, 0.3) is 0 Å². The molecule has 1 amide bonds. The van der Waals surface area contributed by atoms with Crippen LogP contribution in [0, 0.1) is 12.8 Å².